The number of aromatic hydroxyl groups is 1. The molecule has 2 N–H and O–H groups in total. The minimum absolute atomic E-state index is 0.0860. The summed E-state index contributed by atoms with van der Waals surface area (Å²) in [6.45, 7) is 10.7. The molecule has 1 aromatic heterocycles. The van der Waals surface area contributed by atoms with Crippen molar-refractivity contribution >= 4 is 41.1 Å². The smallest absolute Gasteiger partial charge is 0.304 e. The van der Waals surface area contributed by atoms with Gasteiger partial charge in [0.25, 0.3) is 0 Å². The van der Waals surface area contributed by atoms with Crippen LogP contribution in [0.5, 0.6) is 5.75 Å². The number of ether oxygens (including phenoxy) is 1. The molecule has 12 nitrogen and oxygen atoms in total. The van der Waals surface area contributed by atoms with Gasteiger partial charge in [0.05, 0.1) is 10.7 Å². The highest BCUT2D eigenvalue weighted by Crippen LogP contribution is 2.59. The SMILES string of the molecule is CC(=O)OC(C)n1nnnc1C1N2C(=O)C(N3C(c4ccc(O)c(Cl)c4)C(=O)NC3(C)C)[C@@H]2SC1(C)C. The van der Waals surface area contributed by atoms with Gasteiger partial charge in [-0.3, -0.25) is 19.3 Å². The topological polar surface area (TPSA) is 143 Å². The highest BCUT2D eigenvalue weighted by molar-refractivity contribution is 8.01. The van der Waals surface area contributed by atoms with Gasteiger partial charge in [-0.1, -0.05) is 17.7 Å². The van der Waals surface area contributed by atoms with Crippen LogP contribution in [0.3, 0.4) is 0 Å². The number of amides is 2. The fourth-order valence-electron chi connectivity index (χ4n) is 5.59. The van der Waals surface area contributed by atoms with Crippen molar-refractivity contribution in [2.24, 2.45) is 0 Å². The number of tetrazole rings is 1. The number of nitrogens with one attached hydrogen (secondary N) is 1. The molecule has 2 aromatic rings. The molecule has 3 saturated heterocycles. The summed E-state index contributed by atoms with van der Waals surface area (Å²) in [6.07, 6.45) is -0.752. The number of nitrogens with zero attached hydrogens (tertiary/aromatic N) is 6. The lowest BCUT2D eigenvalue weighted by atomic mass is 9.92. The first kappa shape index (κ1) is 25.7. The molecule has 0 radical (unpaired) electrons. The molecular formula is C23H28ClN7O5S. The number of carbonyl (C=O) groups is 3. The summed E-state index contributed by atoms with van der Waals surface area (Å²) in [6, 6.07) is 2.75. The summed E-state index contributed by atoms with van der Waals surface area (Å²) in [5.41, 5.74) is -0.248. The van der Waals surface area contributed by atoms with Gasteiger partial charge in [0.15, 0.2) is 12.1 Å². The number of phenols is 1. The molecule has 3 fully saturated rings. The molecular weight excluding hydrogens is 522 g/mol. The molecule has 0 bridgehead atoms. The minimum Gasteiger partial charge on any atom is -0.506 e. The largest absolute Gasteiger partial charge is 0.506 e. The van der Waals surface area contributed by atoms with Gasteiger partial charge in [-0.05, 0) is 62.7 Å². The Labute approximate surface area is 222 Å². The molecule has 37 heavy (non-hydrogen) atoms. The molecule has 5 rings (SSSR count). The van der Waals surface area contributed by atoms with E-state index in [9.17, 15) is 19.5 Å². The monoisotopic (exact) mass is 549 g/mol. The zero-order chi connectivity index (χ0) is 27.0. The van der Waals surface area contributed by atoms with Crippen molar-refractivity contribution in [3.05, 3.63) is 34.6 Å². The molecule has 0 spiro atoms. The number of halogens is 1. The third-order valence-electron chi connectivity index (χ3n) is 7.04. The number of aromatic nitrogens is 4. The Kier molecular flexibility index (Phi) is 5.96. The Bertz CT molecular complexity index is 1300. The first-order chi connectivity index (χ1) is 17.2. The van der Waals surface area contributed by atoms with Crippen LogP contribution in [0.15, 0.2) is 18.2 Å². The van der Waals surface area contributed by atoms with Crippen molar-refractivity contribution in [1.29, 1.82) is 0 Å². The Balaban J connectivity index is 1.50. The van der Waals surface area contributed by atoms with Crippen LogP contribution in [0.4, 0.5) is 0 Å². The molecule has 1 aromatic carbocycles. The second kappa shape index (κ2) is 8.57. The predicted octanol–water partition coefficient (Wildman–Crippen LogP) is 2.13. The van der Waals surface area contributed by atoms with Crippen LogP contribution >= 0.6 is 23.4 Å². The third-order valence-corrected chi connectivity index (χ3v) is 8.90. The maximum Gasteiger partial charge on any atom is 0.304 e. The number of fused-ring (bicyclic) bond motifs is 1. The lowest BCUT2D eigenvalue weighted by Gasteiger charge is -2.52. The maximum absolute atomic E-state index is 13.9. The van der Waals surface area contributed by atoms with Gasteiger partial charge in [-0.15, -0.1) is 16.9 Å². The van der Waals surface area contributed by atoms with Crippen molar-refractivity contribution < 1.29 is 24.2 Å². The molecule has 5 atom stereocenters. The van der Waals surface area contributed by atoms with Crippen molar-refractivity contribution in [2.75, 3.05) is 0 Å². The van der Waals surface area contributed by atoms with Gasteiger partial charge in [0.1, 0.15) is 29.2 Å². The van der Waals surface area contributed by atoms with E-state index in [0.717, 1.165) is 0 Å². The van der Waals surface area contributed by atoms with E-state index in [1.54, 1.807) is 35.7 Å². The predicted molar refractivity (Wildman–Crippen MR) is 133 cm³/mol. The molecule has 3 aliphatic heterocycles. The van der Waals surface area contributed by atoms with Crippen LogP contribution in [-0.2, 0) is 19.1 Å². The zero-order valence-electron chi connectivity index (χ0n) is 21.2. The van der Waals surface area contributed by atoms with E-state index < -0.39 is 40.7 Å². The van der Waals surface area contributed by atoms with Crippen molar-refractivity contribution in [1.82, 2.24) is 35.3 Å². The van der Waals surface area contributed by atoms with Crippen LogP contribution in [-0.4, -0.2) is 74.7 Å². The van der Waals surface area contributed by atoms with Gasteiger partial charge >= 0.3 is 5.97 Å². The first-order valence-electron chi connectivity index (χ1n) is 11.8. The number of thioether (sulfide) groups is 1. The fourth-order valence-corrected chi connectivity index (χ4v) is 7.47. The summed E-state index contributed by atoms with van der Waals surface area (Å²) in [5, 5.41) is 24.7. The Hall–Kier alpha value is -2.90. The van der Waals surface area contributed by atoms with E-state index in [1.807, 2.05) is 32.6 Å². The second-order valence-electron chi connectivity index (χ2n) is 10.5. The van der Waals surface area contributed by atoms with Gasteiger partial charge in [-0.2, -0.15) is 4.68 Å². The van der Waals surface area contributed by atoms with Crippen molar-refractivity contribution in [3.63, 3.8) is 0 Å². The molecule has 198 valence electrons. The number of hydrogen-bond acceptors (Lipinski definition) is 10. The van der Waals surface area contributed by atoms with E-state index in [4.69, 9.17) is 16.3 Å². The van der Waals surface area contributed by atoms with E-state index in [2.05, 4.69) is 20.8 Å². The third kappa shape index (κ3) is 3.94. The van der Waals surface area contributed by atoms with Crippen molar-refractivity contribution in [3.8, 4) is 5.75 Å². The van der Waals surface area contributed by atoms with E-state index in [1.165, 1.54) is 17.7 Å². The summed E-state index contributed by atoms with van der Waals surface area (Å²) in [4.78, 5) is 42.2. The quantitative estimate of drug-likeness (QED) is 0.420. The average Bonchev–Trinajstić information content (AvgIpc) is 3.41. The van der Waals surface area contributed by atoms with Crippen LogP contribution in [0.2, 0.25) is 5.02 Å². The Morgan fingerprint density at radius 3 is 2.62 bits per heavy atom. The molecule has 0 saturated carbocycles. The number of phenolic OH excluding ortho intramolecular Hbond substituents is 1. The molecule has 2 amide bonds. The van der Waals surface area contributed by atoms with Gasteiger partial charge in [0, 0.05) is 11.7 Å². The summed E-state index contributed by atoms with van der Waals surface area (Å²) in [5.74, 6) is -0.562. The molecule has 3 aliphatic rings. The highest BCUT2D eigenvalue weighted by atomic mass is 35.5. The van der Waals surface area contributed by atoms with Gasteiger partial charge < -0.3 is 20.1 Å². The van der Waals surface area contributed by atoms with Crippen LogP contribution < -0.4 is 5.32 Å². The highest BCUT2D eigenvalue weighted by Gasteiger charge is 2.68. The maximum atomic E-state index is 13.9. The Morgan fingerprint density at radius 1 is 1.27 bits per heavy atom. The standard InChI is InChI=1S/C23H28ClN7O5S/c1-10(36-11(2)32)31-18(26-27-28-31)17-22(3,4)37-21-16(20(35)29(17)21)30-15(19(34)25-23(30,5)6)12-7-8-14(33)13(24)9-12/h7-10,15-17,21,33H,1-6H3,(H,25,34)/t10?,15?,16?,17?,21-/m0/s1. The lowest BCUT2D eigenvalue weighted by Crippen LogP contribution is -2.71. The lowest BCUT2D eigenvalue weighted by molar-refractivity contribution is -0.163. The van der Waals surface area contributed by atoms with Crippen LogP contribution in [0, 0.1) is 0 Å². The molecule has 4 unspecified atom stereocenters. The number of hydrogen-bond donors (Lipinski definition) is 2. The average molecular weight is 550 g/mol. The Morgan fingerprint density at radius 2 is 1.97 bits per heavy atom. The normalized spacial score (nSPS) is 29.0. The number of benzene rings is 1. The summed E-state index contributed by atoms with van der Waals surface area (Å²) < 4.78 is 6.21. The molecule has 14 heteroatoms. The van der Waals surface area contributed by atoms with Gasteiger partial charge in [-0.25, -0.2) is 0 Å². The van der Waals surface area contributed by atoms with E-state index in [0.29, 0.717) is 11.4 Å². The first-order valence-corrected chi connectivity index (χ1v) is 13.0. The molecule has 0 aliphatic carbocycles. The van der Waals surface area contributed by atoms with E-state index in [-0.39, 0.29) is 28.0 Å². The van der Waals surface area contributed by atoms with Gasteiger partial charge in [0.2, 0.25) is 11.8 Å². The number of esters is 1. The number of β-lactam (4-membered cyclic amide) rings is 1. The number of rotatable bonds is 5. The number of carbonyl (C=O) groups excluding carboxylic acids is 3. The van der Waals surface area contributed by atoms with Crippen molar-refractivity contribution in [2.45, 2.75) is 81.7 Å². The van der Waals surface area contributed by atoms with Crippen LogP contribution in [0.1, 0.15) is 71.2 Å². The molecule has 4 heterocycles. The summed E-state index contributed by atoms with van der Waals surface area (Å²) in [7, 11) is 0. The summed E-state index contributed by atoms with van der Waals surface area (Å²) >= 11 is 7.76. The zero-order valence-corrected chi connectivity index (χ0v) is 22.7. The fraction of sp³-hybridized carbons (Fsp3) is 0.565. The van der Waals surface area contributed by atoms with E-state index >= 15 is 0 Å². The van der Waals surface area contributed by atoms with Crippen LogP contribution in [0.25, 0.3) is 0 Å². The second-order valence-corrected chi connectivity index (χ2v) is 12.6. The minimum atomic E-state index is -0.827.